The summed E-state index contributed by atoms with van der Waals surface area (Å²) in [6, 6.07) is 14.5. The molecule has 1 fully saturated rings. The topological polar surface area (TPSA) is 51.2 Å². The number of fused-ring (bicyclic) bond motifs is 1. The van der Waals surface area contributed by atoms with E-state index in [-0.39, 0.29) is 11.9 Å². The van der Waals surface area contributed by atoms with Crippen molar-refractivity contribution in [3.8, 4) is 5.75 Å². The van der Waals surface area contributed by atoms with E-state index in [1.807, 2.05) is 43.5 Å². The molecule has 1 saturated carbocycles. The minimum Gasteiger partial charge on any atom is -0.495 e. The van der Waals surface area contributed by atoms with Crippen LogP contribution in [0.2, 0.25) is 0 Å². The van der Waals surface area contributed by atoms with Gasteiger partial charge in [-0.1, -0.05) is 49.6 Å². The number of pyridine rings is 1. The van der Waals surface area contributed by atoms with Gasteiger partial charge in [-0.25, -0.2) is 0 Å². The van der Waals surface area contributed by atoms with E-state index in [4.69, 9.17) is 4.74 Å². The molecule has 2 aromatic carbocycles. The monoisotopic (exact) mass is 388 g/mol. The third-order valence-corrected chi connectivity index (χ3v) is 5.84. The van der Waals surface area contributed by atoms with Gasteiger partial charge >= 0.3 is 0 Å². The van der Waals surface area contributed by atoms with Crippen LogP contribution in [0.4, 0.5) is 0 Å². The Kier molecular flexibility index (Phi) is 5.79. The number of hydrogen-bond donors (Lipinski definition) is 1. The van der Waals surface area contributed by atoms with Gasteiger partial charge in [-0.05, 0) is 54.8 Å². The summed E-state index contributed by atoms with van der Waals surface area (Å²) in [5, 5.41) is 5.33. The number of methoxy groups -OCH3 is 1. The van der Waals surface area contributed by atoms with E-state index in [1.54, 1.807) is 7.11 Å². The van der Waals surface area contributed by atoms with Crippen LogP contribution in [0.1, 0.15) is 59.3 Å². The highest BCUT2D eigenvalue weighted by atomic mass is 16.5. The molecule has 1 N–H and O–H groups in total. The highest BCUT2D eigenvalue weighted by molar-refractivity contribution is 6.05. The molecule has 0 bridgehead atoms. The second-order valence-corrected chi connectivity index (χ2v) is 7.96. The largest absolute Gasteiger partial charge is 0.495 e. The van der Waals surface area contributed by atoms with Crippen LogP contribution in [0.15, 0.2) is 48.7 Å². The molecule has 0 radical (unpaired) electrons. The molecule has 0 spiro atoms. The normalized spacial score (nSPS) is 14.7. The number of carbonyl (C=O) groups excluding carboxylic acids is 1. The van der Waals surface area contributed by atoms with Crippen molar-refractivity contribution in [2.75, 3.05) is 7.11 Å². The zero-order chi connectivity index (χ0) is 20.2. The molecule has 4 rings (SSSR count). The van der Waals surface area contributed by atoms with Crippen molar-refractivity contribution in [2.45, 2.75) is 51.5 Å². The molecule has 1 aliphatic carbocycles. The van der Waals surface area contributed by atoms with Crippen LogP contribution in [0.5, 0.6) is 5.75 Å². The highest BCUT2D eigenvalue weighted by Crippen LogP contribution is 2.34. The van der Waals surface area contributed by atoms with Gasteiger partial charge in [-0.2, -0.15) is 0 Å². The van der Waals surface area contributed by atoms with Crippen molar-refractivity contribution in [1.29, 1.82) is 0 Å². The average molecular weight is 389 g/mol. The molecule has 3 aromatic rings. The third-order valence-electron chi connectivity index (χ3n) is 5.84. The lowest BCUT2D eigenvalue weighted by molar-refractivity contribution is 0.0925. The fraction of sp³-hybridized carbons (Fsp3) is 0.360. The summed E-state index contributed by atoms with van der Waals surface area (Å²) in [6.07, 6.45) is 8.39. The smallest absolute Gasteiger partial charge is 0.255 e. The molecule has 1 amide bonds. The number of aryl methyl sites for hydroxylation is 1. The number of carbonyl (C=O) groups is 1. The van der Waals surface area contributed by atoms with E-state index in [2.05, 4.69) is 22.4 Å². The van der Waals surface area contributed by atoms with E-state index in [1.165, 1.54) is 19.3 Å². The van der Waals surface area contributed by atoms with Crippen LogP contribution >= 0.6 is 0 Å². The van der Waals surface area contributed by atoms with Crippen molar-refractivity contribution in [3.05, 3.63) is 71.0 Å². The Hall–Kier alpha value is -2.88. The molecule has 0 atom stereocenters. The minimum absolute atomic E-state index is 0.0391. The van der Waals surface area contributed by atoms with Gasteiger partial charge in [-0.15, -0.1) is 0 Å². The summed E-state index contributed by atoms with van der Waals surface area (Å²) in [5.74, 6) is 0.613. The fourth-order valence-electron chi connectivity index (χ4n) is 4.29. The van der Waals surface area contributed by atoms with Gasteiger partial charge in [0, 0.05) is 23.3 Å². The Labute approximate surface area is 172 Å². The molecular formula is C25H28N2O2. The number of amides is 1. The Morgan fingerprint density at radius 2 is 1.86 bits per heavy atom. The van der Waals surface area contributed by atoms with Crippen molar-refractivity contribution in [1.82, 2.24) is 10.3 Å². The number of aromatic nitrogens is 1. The summed E-state index contributed by atoms with van der Waals surface area (Å²) in [5.41, 5.74) is 3.86. The maximum atomic E-state index is 13.2. The number of nitrogens with one attached hydrogen (secondary N) is 1. The van der Waals surface area contributed by atoms with Crippen molar-refractivity contribution in [3.63, 3.8) is 0 Å². The second kappa shape index (κ2) is 8.64. The molecule has 1 aromatic heterocycles. The van der Waals surface area contributed by atoms with Crippen LogP contribution < -0.4 is 10.1 Å². The summed E-state index contributed by atoms with van der Waals surface area (Å²) in [7, 11) is 1.64. The maximum absolute atomic E-state index is 13.2. The Morgan fingerprint density at radius 1 is 1.10 bits per heavy atom. The summed E-state index contributed by atoms with van der Waals surface area (Å²) < 4.78 is 5.72. The molecule has 150 valence electrons. The van der Waals surface area contributed by atoms with Crippen LogP contribution in [0.3, 0.4) is 0 Å². The molecule has 4 nitrogen and oxygen atoms in total. The molecule has 1 aliphatic rings. The van der Waals surface area contributed by atoms with Crippen LogP contribution in [-0.4, -0.2) is 24.0 Å². The molecule has 0 aliphatic heterocycles. The van der Waals surface area contributed by atoms with E-state index in [0.29, 0.717) is 11.3 Å². The Morgan fingerprint density at radius 3 is 2.55 bits per heavy atom. The number of nitrogens with zero attached hydrogens (tertiary/aromatic N) is 1. The zero-order valence-electron chi connectivity index (χ0n) is 17.2. The van der Waals surface area contributed by atoms with Crippen LogP contribution in [0, 0.1) is 6.92 Å². The average Bonchev–Trinajstić information content (AvgIpc) is 2.75. The van der Waals surface area contributed by atoms with Crippen molar-refractivity contribution >= 4 is 16.7 Å². The van der Waals surface area contributed by atoms with Gasteiger partial charge < -0.3 is 10.1 Å². The molecule has 1 heterocycles. The summed E-state index contributed by atoms with van der Waals surface area (Å²) >= 11 is 0. The lowest BCUT2D eigenvalue weighted by atomic mass is 9.93. The number of benzene rings is 2. The first-order valence-corrected chi connectivity index (χ1v) is 10.5. The predicted octanol–water partition coefficient (Wildman–Crippen LogP) is 5.21. The highest BCUT2D eigenvalue weighted by Gasteiger charge is 2.22. The quantitative estimate of drug-likeness (QED) is 0.653. The van der Waals surface area contributed by atoms with Gasteiger partial charge in [0.1, 0.15) is 5.75 Å². The van der Waals surface area contributed by atoms with Gasteiger partial charge in [0.2, 0.25) is 0 Å². The molecule has 4 heteroatoms. The standard InChI is InChI=1S/C25H28N2O2/c1-17-12-13-18(16-26-17)14-19-15-23(25(28)27-20-8-4-3-5-9-20)24(29-2)22-11-7-6-10-21(19)22/h6-7,10-13,15-16,20H,3-5,8-9,14H2,1-2H3,(H,27,28). The van der Waals surface area contributed by atoms with E-state index < -0.39 is 0 Å². The maximum Gasteiger partial charge on any atom is 0.255 e. The first-order chi connectivity index (χ1) is 14.2. The van der Waals surface area contributed by atoms with E-state index in [9.17, 15) is 4.79 Å². The van der Waals surface area contributed by atoms with Gasteiger partial charge in [0.15, 0.2) is 0 Å². The molecule has 0 saturated heterocycles. The lowest BCUT2D eigenvalue weighted by Gasteiger charge is -2.24. The van der Waals surface area contributed by atoms with Crippen LogP contribution in [-0.2, 0) is 6.42 Å². The van der Waals surface area contributed by atoms with E-state index in [0.717, 1.165) is 46.9 Å². The molecule has 29 heavy (non-hydrogen) atoms. The van der Waals surface area contributed by atoms with Gasteiger partial charge in [-0.3, -0.25) is 9.78 Å². The summed E-state index contributed by atoms with van der Waals surface area (Å²) in [6.45, 7) is 1.99. The van der Waals surface area contributed by atoms with E-state index >= 15 is 0 Å². The first kappa shape index (κ1) is 19.4. The van der Waals surface area contributed by atoms with Gasteiger partial charge in [0.05, 0.1) is 12.7 Å². The second-order valence-electron chi connectivity index (χ2n) is 7.96. The Bertz CT molecular complexity index is 1010. The van der Waals surface area contributed by atoms with Crippen molar-refractivity contribution < 1.29 is 9.53 Å². The van der Waals surface area contributed by atoms with Crippen LogP contribution in [0.25, 0.3) is 10.8 Å². The van der Waals surface area contributed by atoms with Gasteiger partial charge in [0.25, 0.3) is 5.91 Å². The number of rotatable bonds is 5. The first-order valence-electron chi connectivity index (χ1n) is 10.5. The molecular weight excluding hydrogens is 360 g/mol. The minimum atomic E-state index is -0.0391. The number of hydrogen-bond acceptors (Lipinski definition) is 3. The molecule has 0 unspecified atom stereocenters. The zero-order valence-corrected chi connectivity index (χ0v) is 17.2. The predicted molar refractivity (Wildman–Crippen MR) is 117 cm³/mol. The third kappa shape index (κ3) is 4.26. The van der Waals surface area contributed by atoms with Crippen molar-refractivity contribution in [2.24, 2.45) is 0 Å². The number of ether oxygens (including phenoxy) is 1. The summed E-state index contributed by atoms with van der Waals surface area (Å²) in [4.78, 5) is 17.6. The Balaban J connectivity index is 1.74. The lowest BCUT2D eigenvalue weighted by Crippen LogP contribution is -2.36. The fourth-order valence-corrected chi connectivity index (χ4v) is 4.29. The SMILES string of the molecule is COc1c(C(=O)NC2CCCCC2)cc(Cc2ccc(C)nc2)c2ccccc12.